The lowest BCUT2D eigenvalue weighted by molar-refractivity contribution is -0.155. The monoisotopic (exact) mass is 394 g/mol. The third-order valence-electron chi connectivity index (χ3n) is 3.85. The zero-order chi connectivity index (χ0) is 21.2. The zero-order valence-electron chi connectivity index (χ0n) is 16.5. The van der Waals surface area contributed by atoms with Crippen LogP contribution in [0.3, 0.4) is 0 Å². The van der Waals surface area contributed by atoms with Crippen molar-refractivity contribution >= 4 is 23.6 Å². The van der Waals surface area contributed by atoms with E-state index in [9.17, 15) is 9.59 Å². The summed E-state index contributed by atoms with van der Waals surface area (Å²) < 4.78 is 15.8. The summed E-state index contributed by atoms with van der Waals surface area (Å²) in [5.41, 5.74) is 1.92. The molecule has 0 aliphatic carbocycles. The average molecular weight is 394 g/mol. The zero-order valence-corrected chi connectivity index (χ0v) is 16.5. The van der Waals surface area contributed by atoms with Crippen LogP contribution in [-0.4, -0.2) is 31.7 Å². The molecule has 7 nitrogen and oxygen atoms in total. The third-order valence-corrected chi connectivity index (χ3v) is 3.85. The van der Waals surface area contributed by atoms with Crippen LogP contribution >= 0.6 is 0 Å². The highest BCUT2D eigenvalue weighted by Gasteiger charge is 2.19. The fourth-order valence-corrected chi connectivity index (χ4v) is 2.39. The number of amides is 1. The maximum atomic E-state index is 12.2. The Hall–Kier alpha value is -3.79. The number of benzene rings is 2. The Morgan fingerprint density at radius 2 is 1.90 bits per heavy atom. The van der Waals surface area contributed by atoms with E-state index in [4.69, 9.17) is 19.5 Å². The number of nitriles is 1. The number of nitrogens with zero attached hydrogens (tertiary/aromatic N) is 1. The number of rotatable bonds is 8. The highest BCUT2D eigenvalue weighted by Crippen LogP contribution is 2.28. The largest absolute Gasteiger partial charge is 0.493 e. The second-order valence-corrected chi connectivity index (χ2v) is 6.01. The molecule has 0 aliphatic rings. The van der Waals surface area contributed by atoms with Crippen LogP contribution < -0.4 is 14.8 Å². The predicted molar refractivity (Wildman–Crippen MR) is 109 cm³/mol. The van der Waals surface area contributed by atoms with Gasteiger partial charge in [-0.05, 0) is 55.8 Å². The van der Waals surface area contributed by atoms with Gasteiger partial charge in [-0.15, -0.1) is 0 Å². The first kappa shape index (κ1) is 21.5. The van der Waals surface area contributed by atoms with Gasteiger partial charge in [-0.1, -0.05) is 18.2 Å². The predicted octanol–water partition coefficient (Wildman–Crippen LogP) is 3.55. The Morgan fingerprint density at radius 3 is 2.52 bits per heavy atom. The van der Waals surface area contributed by atoms with E-state index in [1.54, 1.807) is 36.4 Å². The number of anilines is 1. The number of ether oxygens (including phenoxy) is 3. The van der Waals surface area contributed by atoms with Gasteiger partial charge in [-0.25, -0.2) is 4.79 Å². The van der Waals surface area contributed by atoms with Crippen LogP contribution in [-0.2, 0) is 14.3 Å². The molecule has 2 aromatic carbocycles. The van der Waals surface area contributed by atoms with E-state index in [-0.39, 0.29) is 6.61 Å². The Labute approximate surface area is 169 Å². The number of hydrogen-bond donors (Lipinski definition) is 1. The minimum absolute atomic E-state index is 0.367. The molecule has 29 heavy (non-hydrogen) atoms. The van der Waals surface area contributed by atoms with Crippen molar-refractivity contribution in [2.24, 2.45) is 0 Å². The van der Waals surface area contributed by atoms with Gasteiger partial charge in [0.05, 0.1) is 18.7 Å². The highest BCUT2D eigenvalue weighted by molar-refractivity contribution is 5.95. The molecule has 1 atom stereocenters. The Kier molecular flexibility index (Phi) is 7.80. The highest BCUT2D eigenvalue weighted by atomic mass is 16.6. The van der Waals surface area contributed by atoms with Gasteiger partial charge in [0.25, 0.3) is 5.91 Å². The number of allylic oxidation sites excluding steroid dienone is 1. The smallest absolute Gasteiger partial charge is 0.344 e. The molecule has 0 unspecified atom stereocenters. The summed E-state index contributed by atoms with van der Waals surface area (Å²) in [5.74, 6) is -0.296. The number of carbonyl (C=O) groups excluding carboxylic acids is 2. The third kappa shape index (κ3) is 6.40. The van der Waals surface area contributed by atoms with Crippen molar-refractivity contribution in [3.63, 3.8) is 0 Å². The van der Waals surface area contributed by atoms with Crippen LogP contribution in [0.5, 0.6) is 11.5 Å². The number of nitrogens with one attached hydrogen (secondary N) is 1. The quantitative estimate of drug-likeness (QED) is 0.688. The average Bonchev–Trinajstić information content (AvgIpc) is 2.73. The van der Waals surface area contributed by atoms with Gasteiger partial charge in [0, 0.05) is 5.69 Å². The lowest BCUT2D eigenvalue weighted by Gasteiger charge is -2.15. The SMILES string of the molecule is C/C=C/c1ccc(OCC(=O)O[C@@H](C)C(=O)Nc2ccc(C#N)cc2)c(OC)c1. The molecule has 0 radical (unpaired) electrons. The summed E-state index contributed by atoms with van der Waals surface area (Å²) in [6, 6.07) is 13.7. The van der Waals surface area contributed by atoms with E-state index in [0.717, 1.165) is 5.56 Å². The molecular weight excluding hydrogens is 372 g/mol. The lowest BCUT2D eigenvalue weighted by Crippen LogP contribution is -2.31. The minimum atomic E-state index is -1.01. The van der Waals surface area contributed by atoms with Gasteiger partial charge in [0.1, 0.15) is 0 Å². The molecule has 2 aromatic rings. The minimum Gasteiger partial charge on any atom is -0.493 e. The fraction of sp³-hybridized carbons (Fsp3) is 0.227. The molecule has 1 N–H and O–H groups in total. The van der Waals surface area contributed by atoms with Gasteiger partial charge in [0.15, 0.2) is 24.2 Å². The summed E-state index contributed by atoms with van der Waals surface area (Å²) in [4.78, 5) is 24.2. The van der Waals surface area contributed by atoms with Crippen molar-refractivity contribution in [2.45, 2.75) is 20.0 Å². The first-order valence-corrected chi connectivity index (χ1v) is 8.91. The normalized spacial score (nSPS) is 11.4. The molecule has 1 amide bonds. The van der Waals surface area contributed by atoms with E-state index in [0.29, 0.717) is 22.7 Å². The van der Waals surface area contributed by atoms with Crippen molar-refractivity contribution in [3.05, 3.63) is 59.7 Å². The lowest BCUT2D eigenvalue weighted by atomic mass is 10.2. The van der Waals surface area contributed by atoms with E-state index >= 15 is 0 Å². The molecule has 0 aliphatic heterocycles. The summed E-state index contributed by atoms with van der Waals surface area (Å²) in [6.45, 7) is 3.00. The maximum absolute atomic E-state index is 12.2. The van der Waals surface area contributed by atoms with E-state index in [2.05, 4.69) is 5.32 Å². The molecule has 7 heteroatoms. The first-order valence-electron chi connectivity index (χ1n) is 8.91. The number of methoxy groups -OCH3 is 1. The topological polar surface area (TPSA) is 97.6 Å². The molecule has 0 spiro atoms. The summed E-state index contributed by atoms with van der Waals surface area (Å²) >= 11 is 0. The standard InChI is InChI=1S/C22H22N2O5/c1-4-5-16-8-11-19(20(12-16)27-3)28-14-21(25)29-15(2)22(26)24-18-9-6-17(13-23)7-10-18/h4-12,15H,14H2,1-3H3,(H,24,26)/b5-4+/t15-/m0/s1. The molecule has 0 fully saturated rings. The van der Waals surface area contributed by atoms with E-state index in [1.165, 1.54) is 14.0 Å². The van der Waals surface area contributed by atoms with Gasteiger partial charge >= 0.3 is 5.97 Å². The number of carbonyl (C=O) groups is 2. The van der Waals surface area contributed by atoms with Crippen LogP contribution in [0.25, 0.3) is 6.08 Å². The van der Waals surface area contributed by atoms with Gasteiger partial charge in [-0.2, -0.15) is 5.26 Å². The van der Waals surface area contributed by atoms with E-state index < -0.39 is 18.0 Å². The summed E-state index contributed by atoms with van der Waals surface area (Å²) in [7, 11) is 1.51. The van der Waals surface area contributed by atoms with Crippen LogP contribution in [0, 0.1) is 11.3 Å². The first-order chi connectivity index (χ1) is 14.0. The Bertz CT molecular complexity index is 929. The fourth-order valence-electron chi connectivity index (χ4n) is 2.39. The molecule has 0 aromatic heterocycles. The molecule has 0 heterocycles. The number of hydrogen-bond acceptors (Lipinski definition) is 6. The van der Waals surface area contributed by atoms with Crippen molar-refractivity contribution in [1.82, 2.24) is 0 Å². The second kappa shape index (κ2) is 10.5. The van der Waals surface area contributed by atoms with Crippen LogP contribution in [0.4, 0.5) is 5.69 Å². The van der Waals surface area contributed by atoms with E-state index in [1.807, 2.05) is 31.2 Å². The van der Waals surface area contributed by atoms with Crippen LogP contribution in [0.1, 0.15) is 25.0 Å². The van der Waals surface area contributed by atoms with Crippen molar-refractivity contribution < 1.29 is 23.8 Å². The molecule has 0 saturated carbocycles. The number of esters is 1. The van der Waals surface area contributed by atoms with Gasteiger partial charge in [0.2, 0.25) is 0 Å². The Balaban J connectivity index is 1.88. The molecule has 0 bridgehead atoms. The van der Waals surface area contributed by atoms with Gasteiger partial charge in [-0.3, -0.25) is 4.79 Å². The summed E-state index contributed by atoms with van der Waals surface area (Å²) in [6.07, 6.45) is 2.80. The molecule has 0 saturated heterocycles. The molecule has 2 rings (SSSR count). The molecular formula is C22H22N2O5. The molecule has 150 valence electrons. The maximum Gasteiger partial charge on any atom is 0.344 e. The second-order valence-electron chi connectivity index (χ2n) is 6.01. The summed E-state index contributed by atoms with van der Waals surface area (Å²) in [5, 5.41) is 11.4. The van der Waals surface area contributed by atoms with Crippen LogP contribution in [0.15, 0.2) is 48.5 Å². The van der Waals surface area contributed by atoms with Crippen LogP contribution in [0.2, 0.25) is 0 Å². The van der Waals surface area contributed by atoms with Crippen molar-refractivity contribution in [1.29, 1.82) is 5.26 Å². The van der Waals surface area contributed by atoms with Crippen molar-refractivity contribution in [2.75, 3.05) is 19.0 Å². The Morgan fingerprint density at radius 1 is 1.17 bits per heavy atom. The van der Waals surface area contributed by atoms with Crippen molar-refractivity contribution in [3.8, 4) is 17.6 Å². The van der Waals surface area contributed by atoms with Gasteiger partial charge < -0.3 is 19.5 Å².